The molecule has 50 heavy (non-hydrogen) atoms. The number of para-hydroxylation sites is 2. The molecule has 5 aromatic carbocycles. The number of nitrogens with zero attached hydrogens (tertiary/aromatic N) is 3. The van der Waals surface area contributed by atoms with Crippen LogP contribution in [0.25, 0.3) is 61.5 Å². The first-order valence-electron chi connectivity index (χ1n) is 16.7. The molecule has 0 saturated heterocycles. The molecule has 0 atom stereocenters. The van der Waals surface area contributed by atoms with E-state index in [1.807, 2.05) is 42.6 Å². The molecule has 0 spiro atoms. The van der Waals surface area contributed by atoms with Gasteiger partial charge in [0.05, 0.1) is 24.9 Å². The second kappa shape index (κ2) is 14.5. The van der Waals surface area contributed by atoms with Crippen LogP contribution in [0.4, 0.5) is 0 Å². The fourth-order valence-electron chi connectivity index (χ4n) is 6.38. The first kappa shape index (κ1) is 35.0. The molecule has 8 aromatic rings. The summed E-state index contributed by atoms with van der Waals surface area (Å²) in [6, 6.07) is 45.0. The third-order valence-corrected chi connectivity index (χ3v) is 10.9. The van der Waals surface area contributed by atoms with Gasteiger partial charge in [0.25, 0.3) is 0 Å². The van der Waals surface area contributed by atoms with Crippen molar-refractivity contribution >= 4 is 35.3 Å². The molecule has 8 rings (SSSR count). The summed E-state index contributed by atoms with van der Waals surface area (Å²) in [7, 11) is -1.23. The van der Waals surface area contributed by atoms with Crippen LogP contribution >= 0.6 is 0 Å². The van der Waals surface area contributed by atoms with Crippen molar-refractivity contribution in [3.63, 3.8) is 0 Å². The second-order valence-electron chi connectivity index (χ2n) is 13.6. The fourth-order valence-corrected chi connectivity index (χ4v) is 7.42. The Bertz CT molecular complexity index is 2370. The number of furan rings is 1. The third-order valence-electron chi connectivity index (χ3n) is 8.91. The van der Waals surface area contributed by atoms with Crippen molar-refractivity contribution in [3.8, 4) is 39.5 Å². The summed E-state index contributed by atoms with van der Waals surface area (Å²) in [4.78, 5) is 9.53. The van der Waals surface area contributed by atoms with E-state index < -0.39 is 8.07 Å². The largest absolute Gasteiger partial charge is 0.557 e. The maximum atomic E-state index is 5.82. The summed E-state index contributed by atoms with van der Waals surface area (Å²) < 4.78 is 8.04. The summed E-state index contributed by atoms with van der Waals surface area (Å²) in [6.07, 6.45) is 5.15. The first-order chi connectivity index (χ1) is 23.7. The maximum absolute atomic E-state index is 5.82. The number of benzene rings is 5. The standard InChI is InChI=1S/C30H23N2O.C14H16NSi.Ir/c1-19-13-14-24-25(18-33-28(24)15-19)30-31-26-11-7-8-12-27(26)32(30)23-16-20(2)29(21(3)17-23)22-9-5-4-6-10-22;1-16(2,3)13-9-10-14(15-11-13)12-7-5-4-6-8-12;/h4-17H,1-3H3;4-7,9-11H,1-3H3;/q2*-1;. The first-order valence-corrected chi connectivity index (χ1v) is 20.2. The van der Waals surface area contributed by atoms with Gasteiger partial charge in [-0.25, -0.2) is 0 Å². The molecule has 0 aliphatic heterocycles. The smallest absolute Gasteiger partial charge is 0.0795 e. The van der Waals surface area contributed by atoms with E-state index in [9.17, 15) is 0 Å². The number of pyridine rings is 1. The number of hydrogen-bond acceptors (Lipinski definition) is 3. The van der Waals surface area contributed by atoms with Gasteiger partial charge in [-0.3, -0.25) is 4.98 Å². The van der Waals surface area contributed by atoms with E-state index >= 15 is 0 Å². The minimum Gasteiger partial charge on any atom is -0.557 e. The second-order valence-corrected chi connectivity index (χ2v) is 18.7. The van der Waals surface area contributed by atoms with Crippen molar-refractivity contribution in [3.05, 3.63) is 157 Å². The van der Waals surface area contributed by atoms with Crippen LogP contribution in [0.3, 0.4) is 0 Å². The predicted molar refractivity (Wildman–Crippen MR) is 206 cm³/mol. The van der Waals surface area contributed by atoms with Gasteiger partial charge in [0.2, 0.25) is 0 Å². The van der Waals surface area contributed by atoms with Gasteiger partial charge in [0.1, 0.15) is 0 Å². The Kier molecular flexibility index (Phi) is 10.2. The Morgan fingerprint density at radius 1 is 0.740 bits per heavy atom. The average Bonchev–Trinajstić information content (AvgIpc) is 3.70. The summed E-state index contributed by atoms with van der Waals surface area (Å²) in [5.74, 6) is 0.838. The zero-order chi connectivity index (χ0) is 34.1. The van der Waals surface area contributed by atoms with Crippen LogP contribution in [0.2, 0.25) is 19.6 Å². The summed E-state index contributed by atoms with van der Waals surface area (Å²) in [6.45, 7) is 13.4. The van der Waals surface area contributed by atoms with Gasteiger partial charge in [-0.1, -0.05) is 103 Å². The molecule has 3 aromatic heterocycles. The molecule has 1 radical (unpaired) electrons. The SMILES string of the molecule is C[Si](C)(C)c1ccc(-c2[c-]cccc2)nc1.Cc1ccc2c(-c3nc4ccccc4n3-c3cc(C)c(-c4ccccc4)c(C)c3)[c-]oc2c1.[Ir]. The van der Waals surface area contributed by atoms with E-state index in [1.54, 1.807) is 0 Å². The molecular formula is C44H39IrN3OSi-2. The molecule has 0 fully saturated rings. The minimum atomic E-state index is -1.23. The third kappa shape index (κ3) is 7.06. The molecule has 251 valence electrons. The van der Waals surface area contributed by atoms with E-state index in [0.717, 1.165) is 55.9 Å². The summed E-state index contributed by atoms with van der Waals surface area (Å²) in [5, 5.41) is 2.42. The van der Waals surface area contributed by atoms with Gasteiger partial charge >= 0.3 is 0 Å². The topological polar surface area (TPSA) is 43.9 Å². The number of fused-ring (bicyclic) bond motifs is 2. The number of hydrogen-bond donors (Lipinski definition) is 0. The van der Waals surface area contributed by atoms with Crippen LogP contribution < -0.4 is 5.19 Å². The molecule has 0 aliphatic carbocycles. The Morgan fingerprint density at radius 3 is 2.14 bits per heavy atom. The van der Waals surface area contributed by atoms with E-state index in [2.05, 4.69) is 147 Å². The summed E-state index contributed by atoms with van der Waals surface area (Å²) in [5.41, 5.74) is 13.0. The van der Waals surface area contributed by atoms with Gasteiger partial charge in [-0.2, -0.15) is 0 Å². The fraction of sp³-hybridized carbons (Fsp3) is 0.136. The molecule has 0 amide bonds. The number of aromatic nitrogens is 3. The summed E-state index contributed by atoms with van der Waals surface area (Å²) >= 11 is 0. The van der Waals surface area contributed by atoms with Crippen molar-refractivity contribution in [2.45, 2.75) is 40.4 Å². The Labute approximate surface area is 309 Å². The molecule has 0 N–H and O–H groups in total. The van der Waals surface area contributed by atoms with E-state index in [0.29, 0.717) is 0 Å². The molecule has 4 nitrogen and oxygen atoms in total. The van der Waals surface area contributed by atoms with Crippen LogP contribution in [0, 0.1) is 33.1 Å². The average molecular weight is 846 g/mol. The van der Waals surface area contributed by atoms with Gasteiger partial charge < -0.3 is 14.0 Å². The minimum absolute atomic E-state index is 0. The van der Waals surface area contributed by atoms with Crippen molar-refractivity contribution in [2.75, 3.05) is 0 Å². The molecule has 3 heterocycles. The number of imidazole rings is 1. The molecular weight excluding hydrogens is 807 g/mol. The monoisotopic (exact) mass is 846 g/mol. The zero-order valence-corrected chi connectivity index (χ0v) is 32.6. The van der Waals surface area contributed by atoms with Crippen molar-refractivity contribution < 1.29 is 24.5 Å². The van der Waals surface area contributed by atoms with Gasteiger partial charge in [-0.15, -0.1) is 42.0 Å². The van der Waals surface area contributed by atoms with Crippen molar-refractivity contribution in [2.24, 2.45) is 0 Å². The van der Waals surface area contributed by atoms with Crippen LogP contribution in [-0.2, 0) is 20.1 Å². The zero-order valence-electron chi connectivity index (χ0n) is 29.2. The number of rotatable bonds is 5. The van der Waals surface area contributed by atoms with Gasteiger partial charge in [0, 0.05) is 43.8 Å². The Morgan fingerprint density at radius 2 is 1.46 bits per heavy atom. The number of aryl methyl sites for hydroxylation is 3. The normalized spacial score (nSPS) is 11.2. The van der Waals surface area contributed by atoms with E-state index in [4.69, 9.17) is 9.40 Å². The van der Waals surface area contributed by atoms with Crippen LogP contribution in [-0.4, -0.2) is 22.6 Å². The molecule has 0 unspecified atom stereocenters. The van der Waals surface area contributed by atoms with Gasteiger partial charge in [0.15, 0.2) is 0 Å². The molecule has 6 heteroatoms. The molecule has 0 saturated carbocycles. The molecule has 0 aliphatic rings. The Hall–Kier alpha value is -4.87. The quantitative estimate of drug-likeness (QED) is 0.128. The maximum Gasteiger partial charge on any atom is 0.0795 e. The molecule has 0 bridgehead atoms. The predicted octanol–water partition coefficient (Wildman–Crippen LogP) is 10.9. The Balaban J connectivity index is 0.000000215. The van der Waals surface area contributed by atoms with Crippen molar-refractivity contribution in [1.29, 1.82) is 0 Å². The van der Waals surface area contributed by atoms with Crippen LogP contribution in [0.15, 0.2) is 132 Å². The van der Waals surface area contributed by atoms with Crippen molar-refractivity contribution in [1.82, 2.24) is 14.5 Å². The van der Waals surface area contributed by atoms with Crippen LogP contribution in [0.1, 0.15) is 16.7 Å². The van der Waals surface area contributed by atoms with E-state index in [-0.39, 0.29) is 20.1 Å². The van der Waals surface area contributed by atoms with E-state index in [1.165, 1.54) is 27.4 Å². The van der Waals surface area contributed by atoms with Crippen LogP contribution in [0.5, 0.6) is 0 Å². The van der Waals surface area contributed by atoms with Gasteiger partial charge in [-0.05, 0) is 78.2 Å².